The Morgan fingerprint density at radius 3 is 2.42 bits per heavy atom. The minimum absolute atomic E-state index is 0.119. The van der Waals surface area contributed by atoms with Gasteiger partial charge in [0.05, 0.1) is 10.0 Å². The van der Waals surface area contributed by atoms with Crippen LogP contribution in [0.4, 0.5) is 0 Å². The lowest BCUT2D eigenvalue weighted by Crippen LogP contribution is -2.35. The maximum Gasteiger partial charge on any atom is 0.271 e. The van der Waals surface area contributed by atoms with E-state index in [1.807, 2.05) is 0 Å². The van der Waals surface area contributed by atoms with E-state index in [1.165, 1.54) is 6.07 Å². The zero-order valence-corrected chi connectivity index (χ0v) is 15.6. The number of hydrogen-bond donors (Lipinski definition) is 2. The molecule has 26 heavy (non-hydrogen) atoms. The fourth-order valence-electron chi connectivity index (χ4n) is 2.35. The molecule has 0 aliphatic rings. The second-order valence-corrected chi connectivity index (χ2v) is 6.49. The molecule has 2 heterocycles. The van der Waals surface area contributed by atoms with Gasteiger partial charge in [-0.3, -0.25) is 14.0 Å². The van der Waals surface area contributed by atoms with Crippen LogP contribution < -0.4 is 10.6 Å². The number of fused-ring (bicyclic) bond motifs is 1. The molecule has 9 heteroatoms. The number of benzene rings is 1. The van der Waals surface area contributed by atoms with E-state index >= 15 is 0 Å². The minimum atomic E-state index is -0.377. The summed E-state index contributed by atoms with van der Waals surface area (Å²) in [5, 5.41) is 6.18. The fraction of sp³-hybridized carbons (Fsp3) is 0.118. The van der Waals surface area contributed by atoms with Gasteiger partial charge in [0.25, 0.3) is 11.8 Å². The fourth-order valence-corrected chi connectivity index (χ4v) is 2.91. The smallest absolute Gasteiger partial charge is 0.271 e. The molecule has 0 saturated carbocycles. The lowest BCUT2D eigenvalue weighted by atomic mass is 10.2. The van der Waals surface area contributed by atoms with Crippen LogP contribution >= 0.6 is 34.8 Å². The second-order valence-electron chi connectivity index (χ2n) is 5.32. The maximum absolute atomic E-state index is 12.3. The SMILES string of the molecule is O=C(NCCNC(=O)c1c(Cl)nc2ccccn12)c1ccc(Cl)c(Cl)c1. The third-order valence-corrected chi connectivity index (χ3v) is 4.58. The number of imidazole rings is 1. The molecule has 0 saturated heterocycles. The van der Waals surface area contributed by atoms with E-state index in [1.54, 1.807) is 40.9 Å². The molecule has 2 amide bonds. The first-order chi connectivity index (χ1) is 12.5. The summed E-state index contributed by atoms with van der Waals surface area (Å²) in [4.78, 5) is 28.5. The van der Waals surface area contributed by atoms with Crippen molar-refractivity contribution in [1.82, 2.24) is 20.0 Å². The van der Waals surface area contributed by atoms with Gasteiger partial charge in [-0.25, -0.2) is 4.98 Å². The van der Waals surface area contributed by atoms with Gasteiger partial charge >= 0.3 is 0 Å². The highest BCUT2D eigenvalue weighted by Gasteiger charge is 2.17. The van der Waals surface area contributed by atoms with Gasteiger partial charge in [0.1, 0.15) is 5.65 Å². The molecule has 0 aliphatic carbocycles. The van der Waals surface area contributed by atoms with Crippen LogP contribution in [0, 0.1) is 0 Å². The normalized spacial score (nSPS) is 10.7. The van der Waals surface area contributed by atoms with Gasteiger partial charge in [-0.2, -0.15) is 0 Å². The number of halogens is 3. The molecule has 1 aromatic carbocycles. The first kappa shape index (κ1) is 18.5. The first-order valence-electron chi connectivity index (χ1n) is 7.61. The number of nitrogens with zero attached hydrogens (tertiary/aromatic N) is 2. The van der Waals surface area contributed by atoms with Crippen LogP contribution in [0.3, 0.4) is 0 Å². The van der Waals surface area contributed by atoms with Gasteiger partial charge in [-0.05, 0) is 30.3 Å². The lowest BCUT2D eigenvalue weighted by Gasteiger charge is -2.08. The zero-order chi connectivity index (χ0) is 18.7. The van der Waals surface area contributed by atoms with Gasteiger partial charge in [-0.1, -0.05) is 40.9 Å². The Hall–Kier alpha value is -2.28. The molecule has 0 spiro atoms. The molecule has 2 aromatic heterocycles. The van der Waals surface area contributed by atoms with Gasteiger partial charge in [0, 0.05) is 24.8 Å². The number of carbonyl (C=O) groups is 2. The molecule has 3 rings (SSSR count). The molecular formula is C17H13Cl3N4O2. The third kappa shape index (κ3) is 3.93. The van der Waals surface area contributed by atoms with E-state index in [4.69, 9.17) is 34.8 Å². The molecular weight excluding hydrogens is 399 g/mol. The summed E-state index contributed by atoms with van der Waals surface area (Å²) in [6.45, 7) is 0.460. The molecule has 6 nitrogen and oxygen atoms in total. The van der Waals surface area contributed by atoms with Gasteiger partial charge in [0.2, 0.25) is 0 Å². The largest absolute Gasteiger partial charge is 0.350 e. The highest BCUT2D eigenvalue weighted by molar-refractivity contribution is 6.42. The molecule has 0 atom stereocenters. The Kier molecular flexibility index (Phi) is 5.66. The predicted molar refractivity (Wildman–Crippen MR) is 101 cm³/mol. The van der Waals surface area contributed by atoms with Crippen molar-refractivity contribution in [1.29, 1.82) is 0 Å². The van der Waals surface area contributed by atoms with Crippen molar-refractivity contribution in [3.05, 3.63) is 69.1 Å². The van der Waals surface area contributed by atoms with Crippen molar-refractivity contribution in [2.45, 2.75) is 0 Å². The van der Waals surface area contributed by atoms with E-state index in [0.29, 0.717) is 21.3 Å². The third-order valence-electron chi connectivity index (χ3n) is 3.58. The number of hydrogen-bond acceptors (Lipinski definition) is 3. The van der Waals surface area contributed by atoms with Crippen LogP contribution in [-0.4, -0.2) is 34.3 Å². The van der Waals surface area contributed by atoms with E-state index in [-0.39, 0.29) is 35.8 Å². The Morgan fingerprint density at radius 2 is 1.69 bits per heavy atom. The molecule has 0 unspecified atom stereocenters. The van der Waals surface area contributed by atoms with E-state index in [9.17, 15) is 9.59 Å². The van der Waals surface area contributed by atoms with Gasteiger partial charge < -0.3 is 10.6 Å². The van der Waals surface area contributed by atoms with Crippen LogP contribution in [-0.2, 0) is 0 Å². The molecule has 3 aromatic rings. The average molecular weight is 412 g/mol. The average Bonchev–Trinajstić information content (AvgIpc) is 2.96. The van der Waals surface area contributed by atoms with E-state index < -0.39 is 0 Å². The predicted octanol–water partition coefficient (Wildman–Crippen LogP) is 3.45. The summed E-state index contributed by atoms with van der Waals surface area (Å²) in [5.74, 6) is -0.692. The summed E-state index contributed by atoms with van der Waals surface area (Å²) >= 11 is 17.8. The molecule has 2 N–H and O–H groups in total. The van der Waals surface area contributed by atoms with E-state index in [2.05, 4.69) is 15.6 Å². The number of carbonyl (C=O) groups excluding carboxylic acids is 2. The summed E-state index contributed by atoms with van der Waals surface area (Å²) in [7, 11) is 0. The summed E-state index contributed by atoms with van der Waals surface area (Å²) in [6, 6.07) is 9.93. The second kappa shape index (κ2) is 7.95. The van der Waals surface area contributed by atoms with Crippen molar-refractivity contribution in [2.24, 2.45) is 0 Å². The lowest BCUT2D eigenvalue weighted by molar-refractivity contribution is 0.0924. The molecule has 134 valence electrons. The zero-order valence-electron chi connectivity index (χ0n) is 13.3. The first-order valence-corrected chi connectivity index (χ1v) is 8.75. The number of nitrogens with one attached hydrogen (secondary N) is 2. The Balaban J connectivity index is 1.56. The number of amides is 2. The van der Waals surface area contributed by atoms with Crippen molar-refractivity contribution >= 4 is 52.3 Å². The molecule has 0 radical (unpaired) electrons. The number of aromatic nitrogens is 2. The van der Waals surface area contributed by atoms with Crippen molar-refractivity contribution in [3.8, 4) is 0 Å². The van der Waals surface area contributed by atoms with E-state index in [0.717, 1.165) is 0 Å². The van der Waals surface area contributed by atoms with Crippen molar-refractivity contribution in [2.75, 3.05) is 13.1 Å². The summed E-state index contributed by atoms with van der Waals surface area (Å²) in [5.41, 5.74) is 1.21. The Bertz CT molecular complexity index is 987. The van der Waals surface area contributed by atoms with Crippen LogP contribution in [0.15, 0.2) is 42.6 Å². The molecule has 0 bridgehead atoms. The quantitative estimate of drug-likeness (QED) is 0.631. The summed E-state index contributed by atoms with van der Waals surface area (Å²) < 4.78 is 1.60. The maximum atomic E-state index is 12.3. The molecule has 0 fully saturated rings. The van der Waals surface area contributed by atoms with Crippen LogP contribution in [0.2, 0.25) is 15.2 Å². The van der Waals surface area contributed by atoms with Gasteiger partial charge in [0.15, 0.2) is 10.8 Å². The molecule has 0 aliphatic heterocycles. The highest BCUT2D eigenvalue weighted by atomic mass is 35.5. The Morgan fingerprint density at radius 1 is 0.962 bits per heavy atom. The topological polar surface area (TPSA) is 75.5 Å². The minimum Gasteiger partial charge on any atom is -0.350 e. The Labute approximate surface area is 164 Å². The standard InChI is InChI=1S/C17H13Cl3N4O2/c18-11-5-4-10(9-12(11)19)16(25)21-6-7-22-17(26)14-15(20)23-13-3-1-2-8-24(13)14/h1-5,8-9H,6-7H2,(H,21,25)(H,22,26). The van der Waals surface area contributed by atoms with Crippen molar-refractivity contribution < 1.29 is 9.59 Å². The summed E-state index contributed by atoms with van der Waals surface area (Å²) in [6.07, 6.45) is 1.70. The van der Waals surface area contributed by atoms with Crippen LogP contribution in [0.5, 0.6) is 0 Å². The number of pyridine rings is 1. The monoisotopic (exact) mass is 410 g/mol. The van der Waals surface area contributed by atoms with Crippen LogP contribution in [0.25, 0.3) is 5.65 Å². The number of rotatable bonds is 5. The van der Waals surface area contributed by atoms with Crippen molar-refractivity contribution in [3.63, 3.8) is 0 Å². The van der Waals surface area contributed by atoms with Crippen LogP contribution in [0.1, 0.15) is 20.8 Å². The highest BCUT2D eigenvalue weighted by Crippen LogP contribution is 2.22. The van der Waals surface area contributed by atoms with Gasteiger partial charge in [-0.15, -0.1) is 0 Å².